The third kappa shape index (κ3) is 2.85. The lowest BCUT2D eigenvalue weighted by Crippen LogP contribution is -2.32. The van der Waals surface area contributed by atoms with Gasteiger partial charge in [0.15, 0.2) is 0 Å². The Kier molecular flexibility index (Phi) is 3.47. The highest BCUT2D eigenvalue weighted by molar-refractivity contribution is 5.89. The van der Waals surface area contributed by atoms with E-state index < -0.39 is 5.97 Å². The molecule has 0 aromatic rings. The van der Waals surface area contributed by atoms with Crippen LogP contribution >= 0.6 is 0 Å². The van der Waals surface area contributed by atoms with Gasteiger partial charge in [0.1, 0.15) is 5.70 Å². The van der Waals surface area contributed by atoms with Crippen molar-refractivity contribution < 1.29 is 19.4 Å². The Morgan fingerprint density at radius 3 is 2.71 bits per heavy atom. The summed E-state index contributed by atoms with van der Waals surface area (Å²) < 4.78 is 5.81. The number of amides is 1. The highest BCUT2D eigenvalue weighted by Crippen LogP contribution is 2.41. The van der Waals surface area contributed by atoms with E-state index in [0.29, 0.717) is 25.2 Å². The molecular weight excluding hydrogens is 222 g/mol. The molecule has 1 saturated heterocycles. The van der Waals surface area contributed by atoms with E-state index in [9.17, 15) is 9.59 Å². The summed E-state index contributed by atoms with van der Waals surface area (Å²) in [4.78, 5) is 21.5. The molecule has 0 aromatic carbocycles. The van der Waals surface area contributed by atoms with E-state index in [2.05, 4.69) is 5.32 Å². The van der Waals surface area contributed by atoms with Crippen LogP contribution in [0.2, 0.25) is 0 Å². The van der Waals surface area contributed by atoms with E-state index in [1.807, 2.05) is 6.92 Å². The SMILES string of the molecule is C[C@@H]1C/C(=C(/NC=O)C(=O)O)C[C@@H](C2CC2)O1. The molecule has 1 aliphatic carbocycles. The first-order valence-electron chi connectivity index (χ1n) is 5.92. The molecule has 2 atom stereocenters. The van der Waals surface area contributed by atoms with Crippen LogP contribution in [0.3, 0.4) is 0 Å². The van der Waals surface area contributed by atoms with E-state index >= 15 is 0 Å². The Morgan fingerprint density at radius 2 is 2.18 bits per heavy atom. The number of hydrogen-bond acceptors (Lipinski definition) is 3. The summed E-state index contributed by atoms with van der Waals surface area (Å²) in [5.41, 5.74) is 0.820. The van der Waals surface area contributed by atoms with E-state index in [1.54, 1.807) is 0 Å². The van der Waals surface area contributed by atoms with Gasteiger partial charge in [-0.2, -0.15) is 0 Å². The van der Waals surface area contributed by atoms with E-state index in [-0.39, 0.29) is 17.9 Å². The summed E-state index contributed by atoms with van der Waals surface area (Å²) in [7, 11) is 0. The summed E-state index contributed by atoms with van der Waals surface area (Å²) in [6, 6.07) is 0. The van der Waals surface area contributed by atoms with Crippen LogP contribution in [-0.2, 0) is 14.3 Å². The van der Waals surface area contributed by atoms with Crippen molar-refractivity contribution in [1.82, 2.24) is 5.32 Å². The molecule has 0 aromatic heterocycles. The lowest BCUT2D eigenvalue weighted by atomic mass is 9.94. The molecule has 5 heteroatoms. The second-order valence-corrected chi connectivity index (χ2v) is 4.78. The van der Waals surface area contributed by atoms with Crippen molar-refractivity contribution in [2.45, 2.75) is 44.8 Å². The van der Waals surface area contributed by atoms with Crippen molar-refractivity contribution in [1.29, 1.82) is 0 Å². The molecule has 2 rings (SSSR count). The zero-order chi connectivity index (χ0) is 12.4. The molecule has 2 N–H and O–H groups in total. The maximum Gasteiger partial charge on any atom is 0.352 e. The first-order chi connectivity index (χ1) is 8.11. The van der Waals surface area contributed by atoms with Gasteiger partial charge in [-0.15, -0.1) is 0 Å². The van der Waals surface area contributed by atoms with Gasteiger partial charge in [-0.1, -0.05) is 0 Å². The molecule has 5 nitrogen and oxygen atoms in total. The second kappa shape index (κ2) is 4.87. The van der Waals surface area contributed by atoms with Crippen molar-refractivity contribution >= 4 is 12.4 Å². The van der Waals surface area contributed by atoms with Gasteiger partial charge in [0.05, 0.1) is 12.2 Å². The smallest absolute Gasteiger partial charge is 0.352 e. The number of carbonyl (C=O) groups is 2. The minimum absolute atomic E-state index is 0.0205. The predicted molar refractivity (Wildman–Crippen MR) is 60.2 cm³/mol. The number of carboxylic acid groups (broad SMARTS) is 1. The van der Waals surface area contributed by atoms with Gasteiger partial charge in [-0.05, 0) is 44.1 Å². The summed E-state index contributed by atoms with van der Waals surface area (Å²) in [6.07, 6.45) is 4.08. The van der Waals surface area contributed by atoms with Crippen LogP contribution in [-0.4, -0.2) is 29.7 Å². The predicted octanol–water partition coefficient (Wildman–Crippen LogP) is 1.05. The number of carboxylic acids is 1. The van der Waals surface area contributed by atoms with Gasteiger partial charge in [-0.3, -0.25) is 4.79 Å². The summed E-state index contributed by atoms with van der Waals surface area (Å²) in [5, 5.41) is 11.4. The van der Waals surface area contributed by atoms with Crippen molar-refractivity contribution in [3.63, 3.8) is 0 Å². The van der Waals surface area contributed by atoms with Crippen molar-refractivity contribution in [2.75, 3.05) is 0 Å². The quantitative estimate of drug-likeness (QED) is 0.568. The van der Waals surface area contributed by atoms with Gasteiger partial charge in [0, 0.05) is 0 Å². The third-order valence-corrected chi connectivity index (χ3v) is 3.31. The number of hydrogen-bond donors (Lipinski definition) is 2. The van der Waals surface area contributed by atoms with Gasteiger partial charge in [0.2, 0.25) is 6.41 Å². The molecule has 1 saturated carbocycles. The second-order valence-electron chi connectivity index (χ2n) is 4.78. The van der Waals surface area contributed by atoms with Crippen molar-refractivity contribution in [3.8, 4) is 0 Å². The molecule has 1 heterocycles. The largest absolute Gasteiger partial charge is 0.477 e. The average Bonchev–Trinajstić information content (AvgIpc) is 3.08. The highest BCUT2D eigenvalue weighted by atomic mass is 16.5. The molecule has 1 amide bonds. The Hall–Kier alpha value is -1.36. The number of aliphatic carboxylic acids is 1. The van der Waals surface area contributed by atoms with E-state index in [0.717, 1.165) is 18.4 Å². The van der Waals surface area contributed by atoms with Gasteiger partial charge < -0.3 is 15.2 Å². The highest BCUT2D eigenvalue weighted by Gasteiger charge is 2.37. The van der Waals surface area contributed by atoms with Crippen LogP contribution in [0.1, 0.15) is 32.6 Å². The Morgan fingerprint density at radius 1 is 1.47 bits per heavy atom. The third-order valence-electron chi connectivity index (χ3n) is 3.31. The Balaban J connectivity index is 2.18. The van der Waals surface area contributed by atoms with E-state index in [4.69, 9.17) is 9.84 Å². The topological polar surface area (TPSA) is 75.6 Å². The molecule has 1 aliphatic heterocycles. The molecule has 0 radical (unpaired) electrons. The lowest BCUT2D eigenvalue weighted by Gasteiger charge is -2.30. The van der Waals surface area contributed by atoms with Crippen molar-refractivity contribution in [3.05, 3.63) is 11.3 Å². The van der Waals surface area contributed by atoms with Gasteiger partial charge in [-0.25, -0.2) is 4.79 Å². The summed E-state index contributed by atoms with van der Waals surface area (Å²) in [5.74, 6) is -0.505. The van der Waals surface area contributed by atoms with Crippen LogP contribution in [0.15, 0.2) is 11.3 Å². The normalized spacial score (nSPS) is 31.8. The molecule has 17 heavy (non-hydrogen) atoms. The first-order valence-corrected chi connectivity index (χ1v) is 5.92. The Labute approximate surface area is 99.8 Å². The maximum atomic E-state index is 11.1. The fraction of sp³-hybridized carbons (Fsp3) is 0.667. The molecule has 2 fully saturated rings. The molecule has 94 valence electrons. The minimum Gasteiger partial charge on any atom is -0.477 e. The van der Waals surface area contributed by atoms with Crippen LogP contribution in [0.4, 0.5) is 0 Å². The number of rotatable bonds is 4. The van der Waals surface area contributed by atoms with Crippen molar-refractivity contribution in [2.24, 2.45) is 5.92 Å². The van der Waals surface area contributed by atoms with Crippen LogP contribution < -0.4 is 5.32 Å². The molecular formula is C12H17NO4. The summed E-state index contributed by atoms with van der Waals surface area (Å²) in [6.45, 7) is 1.94. The molecule has 2 aliphatic rings. The lowest BCUT2D eigenvalue weighted by molar-refractivity contribution is -0.134. The monoisotopic (exact) mass is 239 g/mol. The fourth-order valence-electron chi connectivity index (χ4n) is 2.39. The number of nitrogens with one attached hydrogen (secondary N) is 1. The molecule has 0 spiro atoms. The van der Waals surface area contributed by atoms with E-state index in [1.165, 1.54) is 0 Å². The zero-order valence-electron chi connectivity index (χ0n) is 9.81. The van der Waals surface area contributed by atoms with Gasteiger partial charge in [0.25, 0.3) is 0 Å². The minimum atomic E-state index is -1.07. The zero-order valence-corrected chi connectivity index (χ0v) is 9.81. The average molecular weight is 239 g/mol. The molecule has 0 unspecified atom stereocenters. The molecule has 0 bridgehead atoms. The fourth-order valence-corrected chi connectivity index (χ4v) is 2.39. The van der Waals surface area contributed by atoms with Gasteiger partial charge >= 0.3 is 5.97 Å². The van der Waals surface area contributed by atoms with Crippen LogP contribution in [0.5, 0.6) is 0 Å². The number of carbonyl (C=O) groups excluding carboxylic acids is 1. The summed E-state index contributed by atoms with van der Waals surface area (Å²) >= 11 is 0. The number of ether oxygens (including phenoxy) is 1. The maximum absolute atomic E-state index is 11.1. The van der Waals surface area contributed by atoms with Crippen LogP contribution in [0.25, 0.3) is 0 Å². The van der Waals surface area contributed by atoms with Crippen LogP contribution in [0, 0.1) is 5.92 Å². The Bertz CT molecular complexity index is 360. The standard InChI is InChI=1S/C12H17NO4/c1-7-4-9(11(12(15)16)13-6-14)5-10(17-7)8-2-3-8/h6-8,10H,2-5H2,1H3,(H,13,14)(H,15,16)/b11-9-/t7-,10+/m1/s1. The first kappa shape index (κ1) is 12.1.